The van der Waals surface area contributed by atoms with Crippen LogP contribution in [0.15, 0.2) is 40.1 Å². The SMILES string of the molecule is COc1cc2c(cc1OC)C(C)C(C)n1c-2c/c(=N/c2c(C)cc(C)cc2C)n(C)c1=O. The lowest BCUT2D eigenvalue weighted by Gasteiger charge is -2.33. The van der Waals surface area contributed by atoms with Crippen LogP contribution in [0.5, 0.6) is 11.5 Å². The van der Waals surface area contributed by atoms with E-state index >= 15 is 0 Å². The highest BCUT2D eigenvalue weighted by Gasteiger charge is 2.31. The Kier molecular flexibility index (Phi) is 5.49. The molecule has 0 saturated heterocycles. The van der Waals surface area contributed by atoms with E-state index in [1.54, 1.807) is 25.8 Å². The van der Waals surface area contributed by atoms with Crippen molar-refractivity contribution in [2.24, 2.45) is 12.0 Å². The number of hydrogen-bond donors (Lipinski definition) is 0. The molecule has 2 heterocycles. The molecule has 32 heavy (non-hydrogen) atoms. The lowest BCUT2D eigenvalue weighted by molar-refractivity contribution is 0.352. The number of benzene rings is 2. The van der Waals surface area contributed by atoms with E-state index in [9.17, 15) is 4.79 Å². The van der Waals surface area contributed by atoms with E-state index in [0.29, 0.717) is 17.0 Å². The molecule has 2 atom stereocenters. The fraction of sp³-hybridized carbons (Fsp3) is 0.385. The van der Waals surface area contributed by atoms with Gasteiger partial charge in [-0.05, 0) is 56.5 Å². The molecule has 168 valence electrons. The van der Waals surface area contributed by atoms with Crippen molar-refractivity contribution in [3.63, 3.8) is 0 Å². The second kappa shape index (κ2) is 8.01. The van der Waals surface area contributed by atoms with Crippen LogP contribution < -0.4 is 20.7 Å². The summed E-state index contributed by atoms with van der Waals surface area (Å²) in [6.07, 6.45) is 0. The molecule has 3 aromatic rings. The Morgan fingerprint density at radius 1 is 0.906 bits per heavy atom. The zero-order chi connectivity index (χ0) is 23.3. The van der Waals surface area contributed by atoms with Gasteiger partial charge in [0.15, 0.2) is 11.5 Å². The molecule has 1 aliphatic rings. The second-order valence-electron chi connectivity index (χ2n) is 8.78. The molecule has 2 aromatic carbocycles. The third-order valence-electron chi connectivity index (χ3n) is 6.68. The van der Waals surface area contributed by atoms with Crippen LogP contribution in [-0.2, 0) is 7.05 Å². The number of aryl methyl sites for hydroxylation is 3. The predicted octanol–water partition coefficient (Wildman–Crippen LogP) is 4.71. The van der Waals surface area contributed by atoms with Gasteiger partial charge in [-0.2, -0.15) is 0 Å². The first-order valence-corrected chi connectivity index (χ1v) is 10.9. The summed E-state index contributed by atoms with van der Waals surface area (Å²) in [5, 5.41) is 0. The minimum Gasteiger partial charge on any atom is -0.493 e. The highest BCUT2D eigenvalue weighted by atomic mass is 16.5. The van der Waals surface area contributed by atoms with Crippen LogP contribution in [0.2, 0.25) is 0 Å². The van der Waals surface area contributed by atoms with Gasteiger partial charge in [0.05, 0.1) is 25.6 Å². The van der Waals surface area contributed by atoms with E-state index in [4.69, 9.17) is 14.5 Å². The Morgan fingerprint density at radius 2 is 1.50 bits per heavy atom. The maximum absolute atomic E-state index is 13.5. The van der Waals surface area contributed by atoms with Crippen molar-refractivity contribution in [2.45, 2.75) is 46.6 Å². The van der Waals surface area contributed by atoms with Crippen molar-refractivity contribution in [3.8, 4) is 22.8 Å². The molecule has 0 radical (unpaired) electrons. The first-order chi connectivity index (χ1) is 15.2. The van der Waals surface area contributed by atoms with Crippen molar-refractivity contribution in [3.05, 3.63) is 68.6 Å². The molecule has 0 saturated carbocycles. The summed E-state index contributed by atoms with van der Waals surface area (Å²) in [4.78, 5) is 18.4. The van der Waals surface area contributed by atoms with Gasteiger partial charge in [0.1, 0.15) is 5.49 Å². The maximum Gasteiger partial charge on any atom is 0.330 e. The lowest BCUT2D eigenvalue weighted by atomic mass is 9.85. The molecule has 0 aliphatic carbocycles. The molecular formula is C26H31N3O3. The molecule has 4 rings (SSSR count). The Labute approximate surface area is 188 Å². The van der Waals surface area contributed by atoms with E-state index in [1.807, 2.05) is 22.8 Å². The summed E-state index contributed by atoms with van der Waals surface area (Å²) >= 11 is 0. The minimum atomic E-state index is -0.0801. The van der Waals surface area contributed by atoms with Crippen molar-refractivity contribution < 1.29 is 9.47 Å². The number of methoxy groups -OCH3 is 2. The molecule has 0 fully saturated rings. The summed E-state index contributed by atoms with van der Waals surface area (Å²) in [7, 11) is 5.05. The van der Waals surface area contributed by atoms with E-state index in [-0.39, 0.29) is 17.6 Å². The Hall–Kier alpha value is -3.28. The highest BCUT2D eigenvalue weighted by Crippen LogP contribution is 2.45. The van der Waals surface area contributed by atoms with Gasteiger partial charge in [0.25, 0.3) is 0 Å². The van der Waals surface area contributed by atoms with Gasteiger partial charge in [0.2, 0.25) is 0 Å². The molecular weight excluding hydrogens is 402 g/mol. The normalized spacial score (nSPS) is 17.7. The Bertz CT molecular complexity index is 1320. The molecule has 1 aliphatic heterocycles. The number of rotatable bonds is 3. The molecule has 0 bridgehead atoms. The summed E-state index contributed by atoms with van der Waals surface area (Å²) < 4.78 is 14.6. The zero-order valence-electron chi connectivity index (χ0n) is 20.1. The third kappa shape index (κ3) is 3.34. The number of hydrogen-bond acceptors (Lipinski definition) is 4. The largest absolute Gasteiger partial charge is 0.493 e. The van der Waals surface area contributed by atoms with Crippen molar-refractivity contribution in [1.29, 1.82) is 0 Å². The second-order valence-corrected chi connectivity index (χ2v) is 8.78. The predicted molar refractivity (Wildman–Crippen MR) is 127 cm³/mol. The summed E-state index contributed by atoms with van der Waals surface area (Å²) in [5.74, 6) is 1.47. The zero-order valence-corrected chi connectivity index (χ0v) is 20.1. The van der Waals surface area contributed by atoms with Gasteiger partial charge >= 0.3 is 5.69 Å². The highest BCUT2D eigenvalue weighted by molar-refractivity contribution is 5.71. The van der Waals surface area contributed by atoms with Gasteiger partial charge in [0, 0.05) is 30.6 Å². The maximum atomic E-state index is 13.5. The Morgan fingerprint density at radius 3 is 2.09 bits per heavy atom. The van der Waals surface area contributed by atoms with Crippen LogP contribution in [0, 0.1) is 20.8 Å². The summed E-state index contributed by atoms with van der Waals surface area (Å²) in [6.45, 7) is 10.4. The number of fused-ring (bicyclic) bond motifs is 3. The quantitative estimate of drug-likeness (QED) is 0.601. The van der Waals surface area contributed by atoms with E-state index in [2.05, 4.69) is 46.8 Å². The molecule has 1 aromatic heterocycles. The molecule has 6 nitrogen and oxygen atoms in total. The monoisotopic (exact) mass is 433 g/mol. The average molecular weight is 434 g/mol. The summed E-state index contributed by atoms with van der Waals surface area (Å²) in [5.41, 5.74) is 7.78. The van der Waals surface area contributed by atoms with Gasteiger partial charge in [-0.25, -0.2) is 9.79 Å². The molecule has 2 unspecified atom stereocenters. The third-order valence-corrected chi connectivity index (χ3v) is 6.68. The Balaban J connectivity index is 2.06. The van der Waals surface area contributed by atoms with Crippen molar-refractivity contribution >= 4 is 5.69 Å². The summed E-state index contributed by atoms with van der Waals surface area (Å²) in [6, 6.07) is 10.2. The molecule has 0 N–H and O–H groups in total. The smallest absolute Gasteiger partial charge is 0.330 e. The van der Waals surface area contributed by atoms with E-state index in [0.717, 1.165) is 33.6 Å². The van der Waals surface area contributed by atoms with Crippen LogP contribution in [0.25, 0.3) is 11.3 Å². The van der Waals surface area contributed by atoms with E-state index < -0.39 is 0 Å². The molecule has 0 amide bonds. The van der Waals surface area contributed by atoms with E-state index in [1.165, 1.54) is 5.56 Å². The topological polar surface area (TPSA) is 57.8 Å². The van der Waals surface area contributed by atoms with Gasteiger partial charge in [-0.1, -0.05) is 24.6 Å². The van der Waals surface area contributed by atoms with Crippen molar-refractivity contribution in [2.75, 3.05) is 14.2 Å². The fourth-order valence-electron chi connectivity index (χ4n) is 4.80. The number of ether oxygens (including phenoxy) is 2. The van der Waals surface area contributed by atoms with Gasteiger partial charge in [-0.3, -0.25) is 9.13 Å². The lowest BCUT2D eigenvalue weighted by Crippen LogP contribution is -2.42. The standard InChI is InChI=1S/C26H31N3O3/c1-14-9-15(2)25(16(3)10-14)27-24-13-21-20-12-23(32-8)22(31-7)11-19(20)17(4)18(5)29(21)26(30)28(24)6/h9-13,17-18H,1-8H3/b27-24-. The molecule has 0 spiro atoms. The van der Waals surface area contributed by atoms with Crippen LogP contribution in [0.4, 0.5) is 5.69 Å². The molecule has 6 heteroatoms. The first kappa shape index (κ1) is 21.9. The van der Waals surface area contributed by atoms with Crippen LogP contribution in [0.3, 0.4) is 0 Å². The average Bonchev–Trinajstić information content (AvgIpc) is 2.76. The minimum absolute atomic E-state index is 0.00815. The van der Waals surface area contributed by atoms with Crippen LogP contribution >= 0.6 is 0 Å². The van der Waals surface area contributed by atoms with Gasteiger partial charge < -0.3 is 9.47 Å². The number of aromatic nitrogens is 2. The van der Waals surface area contributed by atoms with Crippen LogP contribution in [-0.4, -0.2) is 23.4 Å². The van der Waals surface area contributed by atoms with Crippen LogP contribution in [0.1, 0.15) is 48.1 Å². The van der Waals surface area contributed by atoms with Crippen molar-refractivity contribution in [1.82, 2.24) is 9.13 Å². The fourth-order valence-corrected chi connectivity index (χ4v) is 4.80. The van der Waals surface area contributed by atoms with Gasteiger partial charge in [-0.15, -0.1) is 0 Å². The number of nitrogens with zero attached hydrogens (tertiary/aromatic N) is 3. The first-order valence-electron chi connectivity index (χ1n) is 10.9.